The molecule has 26 heavy (non-hydrogen) atoms. The molecular weight excluding hydrogens is 354 g/mol. The molecule has 0 fully saturated rings. The van der Waals surface area contributed by atoms with Crippen LogP contribution >= 0.6 is 11.3 Å². The second-order valence-electron chi connectivity index (χ2n) is 5.30. The van der Waals surface area contributed by atoms with Crippen molar-refractivity contribution in [3.63, 3.8) is 0 Å². The molecule has 0 aliphatic rings. The highest BCUT2D eigenvalue weighted by atomic mass is 32.1. The monoisotopic (exact) mass is 371 g/mol. The molecule has 1 aromatic carbocycles. The van der Waals surface area contributed by atoms with E-state index in [1.807, 2.05) is 23.6 Å². The van der Waals surface area contributed by atoms with E-state index in [1.54, 1.807) is 21.1 Å². The summed E-state index contributed by atoms with van der Waals surface area (Å²) < 4.78 is 16.0. The Balaban J connectivity index is 1.72. The number of para-hydroxylation sites is 1. The number of carbonyl (C=O) groups excluding carboxylic acids is 1. The summed E-state index contributed by atoms with van der Waals surface area (Å²) in [5.74, 6) is 0.708. The molecule has 134 valence electrons. The first kappa shape index (κ1) is 17.8. The number of methoxy groups -OCH3 is 2. The molecule has 2 aromatic heterocycles. The van der Waals surface area contributed by atoms with Crippen LogP contribution in [0.25, 0.3) is 10.6 Å². The fourth-order valence-corrected chi connectivity index (χ4v) is 3.09. The lowest BCUT2D eigenvalue weighted by atomic mass is 10.2. The van der Waals surface area contributed by atoms with Gasteiger partial charge in [0.05, 0.1) is 37.4 Å². The lowest BCUT2D eigenvalue weighted by molar-refractivity contribution is 0.0461. The average Bonchev–Trinajstić information content (AvgIpc) is 3.14. The Morgan fingerprint density at radius 3 is 2.69 bits per heavy atom. The Kier molecular flexibility index (Phi) is 5.43. The van der Waals surface area contributed by atoms with Crippen molar-refractivity contribution in [2.75, 3.05) is 14.2 Å². The standard InChI is InChI=1S/C18H17N3O4S/c1-11-7-20-14(8-19-11)18(22)25-9-12-10-26-17(21-12)13-5-4-6-15(23-2)16(13)24-3/h4-8,10H,9H2,1-3H3. The van der Waals surface area contributed by atoms with Gasteiger partial charge in [-0.15, -0.1) is 11.3 Å². The van der Waals surface area contributed by atoms with E-state index in [0.29, 0.717) is 17.2 Å². The van der Waals surface area contributed by atoms with E-state index in [4.69, 9.17) is 14.2 Å². The number of hydrogen-bond acceptors (Lipinski definition) is 8. The van der Waals surface area contributed by atoms with Crippen molar-refractivity contribution in [1.82, 2.24) is 15.0 Å². The van der Waals surface area contributed by atoms with Gasteiger partial charge in [-0.3, -0.25) is 4.98 Å². The molecule has 3 rings (SSSR count). The number of carbonyl (C=O) groups is 1. The third kappa shape index (κ3) is 3.80. The van der Waals surface area contributed by atoms with Crippen LogP contribution in [0.2, 0.25) is 0 Å². The van der Waals surface area contributed by atoms with Gasteiger partial charge in [0.2, 0.25) is 0 Å². The molecule has 0 radical (unpaired) electrons. The summed E-state index contributed by atoms with van der Waals surface area (Å²) in [7, 11) is 3.17. The van der Waals surface area contributed by atoms with E-state index >= 15 is 0 Å². The molecule has 0 N–H and O–H groups in total. The zero-order chi connectivity index (χ0) is 18.5. The summed E-state index contributed by atoms with van der Waals surface area (Å²) in [5.41, 5.74) is 2.36. The van der Waals surface area contributed by atoms with Gasteiger partial charge in [0, 0.05) is 11.6 Å². The maximum atomic E-state index is 12.0. The fraction of sp³-hybridized carbons (Fsp3) is 0.222. The summed E-state index contributed by atoms with van der Waals surface area (Å²) in [6.45, 7) is 1.85. The highest BCUT2D eigenvalue weighted by Gasteiger charge is 2.16. The first-order valence-corrected chi connectivity index (χ1v) is 8.62. The van der Waals surface area contributed by atoms with Crippen molar-refractivity contribution in [3.05, 3.63) is 53.1 Å². The highest BCUT2D eigenvalue weighted by molar-refractivity contribution is 7.13. The van der Waals surface area contributed by atoms with Gasteiger partial charge in [0.15, 0.2) is 17.2 Å². The number of benzene rings is 1. The Bertz CT molecular complexity index is 909. The number of thiazole rings is 1. The molecule has 0 unspecified atom stereocenters. The number of rotatable bonds is 6. The maximum Gasteiger partial charge on any atom is 0.358 e. The van der Waals surface area contributed by atoms with Crippen LogP contribution < -0.4 is 9.47 Å². The number of esters is 1. The van der Waals surface area contributed by atoms with Gasteiger partial charge in [-0.2, -0.15) is 0 Å². The Morgan fingerprint density at radius 1 is 1.15 bits per heavy atom. The minimum absolute atomic E-state index is 0.0528. The largest absolute Gasteiger partial charge is 0.493 e. The van der Waals surface area contributed by atoms with Crippen LogP contribution in [-0.4, -0.2) is 35.1 Å². The topological polar surface area (TPSA) is 83.4 Å². The predicted molar refractivity (Wildman–Crippen MR) is 96.5 cm³/mol. The quantitative estimate of drug-likeness (QED) is 0.615. The summed E-state index contributed by atoms with van der Waals surface area (Å²) in [5, 5.41) is 2.59. The van der Waals surface area contributed by atoms with Crippen LogP contribution in [-0.2, 0) is 11.3 Å². The molecule has 0 spiro atoms. The molecule has 7 nitrogen and oxygen atoms in total. The predicted octanol–water partition coefficient (Wildman–Crippen LogP) is 3.28. The Labute approximate surface area is 154 Å². The molecule has 0 amide bonds. The summed E-state index contributed by atoms with van der Waals surface area (Å²) in [4.78, 5) is 24.5. The minimum Gasteiger partial charge on any atom is -0.493 e. The zero-order valence-corrected chi connectivity index (χ0v) is 15.4. The summed E-state index contributed by atoms with van der Waals surface area (Å²) in [6.07, 6.45) is 2.91. The Morgan fingerprint density at radius 2 is 2.00 bits per heavy atom. The SMILES string of the molecule is COc1cccc(-c2nc(COC(=O)c3cnc(C)cn3)cs2)c1OC. The molecule has 0 saturated carbocycles. The van der Waals surface area contributed by atoms with Crippen LogP contribution in [0.5, 0.6) is 11.5 Å². The smallest absolute Gasteiger partial charge is 0.358 e. The van der Waals surface area contributed by atoms with Crippen LogP contribution in [0.3, 0.4) is 0 Å². The number of aromatic nitrogens is 3. The Hall–Kier alpha value is -3.00. The number of hydrogen-bond donors (Lipinski definition) is 0. The summed E-state index contributed by atoms with van der Waals surface area (Å²) >= 11 is 1.43. The van der Waals surface area contributed by atoms with Crippen molar-refractivity contribution in [1.29, 1.82) is 0 Å². The second kappa shape index (κ2) is 7.92. The first-order chi connectivity index (χ1) is 12.6. The van der Waals surface area contributed by atoms with E-state index in [0.717, 1.165) is 16.3 Å². The van der Waals surface area contributed by atoms with Gasteiger partial charge in [0.25, 0.3) is 0 Å². The van der Waals surface area contributed by atoms with Gasteiger partial charge in [-0.05, 0) is 19.1 Å². The first-order valence-electron chi connectivity index (χ1n) is 7.74. The zero-order valence-electron chi connectivity index (χ0n) is 14.6. The van der Waals surface area contributed by atoms with Gasteiger partial charge >= 0.3 is 5.97 Å². The van der Waals surface area contributed by atoms with E-state index < -0.39 is 5.97 Å². The number of aryl methyl sites for hydroxylation is 1. The lowest BCUT2D eigenvalue weighted by Gasteiger charge is -2.10. The molecule has 0 atom stereocenters. The molecule has 0 aliphatic heterocycles. The fourth-order valence-electron chi connectivity index (χ4n) is 2.26. The van der Waals surface area contributed by atoms with Gasteiger partial charge in [0.1, 0.15) is 11.6 Å². The van der Waals surface area contributed by atoms with Crippen LogP contribution in [0.15, 0.2) is 36.0 Å². The molecule has 3 aromatic rings. The van der Waals surface area contributed by atoms with Crippen LogP contribution in [0.1, 0.15) is 21.9 Å². The number of nitrogens with zero attached hydrogens (tertiary/aromatic N) is 3. The van der Waals surface area contributed by atoms with Crippen molar-refractivity contribution in [2.24, 2.45) is 0 Å². The molecule has 0 bridgehead atoms. The van der Waals surface area contributed by atoms with Crippen LogP contribution in [0, 0.1) is 6.92 Å². The third-order valence-corrected chi connectivity index (χ3v) is 4.45. The average molecular weight is 371 g/mol. The van der Waals surface area contributed by atoms with E-state index in [2.05, 4.69) is 15.0 Å². The van der Waals surface area contributed by atoms with E-state index in [1.165, 1.54) is 23.7 Å². The summed E-state index contributed by atoms with van der Waals surface area (Å²) in [6, 6.07) is 5.59. The molecule has 2 heterocycles. The molecule has 0 saturated heterocycles. The van der Waals surface area contributed by atoms with E-state index in [9.17, 15) is 4.79 Å². The molecule has 0 aliphatic carbocycles. The van der Waals surface area contributed by atoms with E-state index in [-0.39, 0.29) is 12.3 Å². The number of ether oxygens (including phenoxy) is 3. The van der Waals surface area contributed by atoms with Crippen molar-refractivity contribution < 1.29 is 19.0 Å². The van der Waals surface area contributed by atoms with Gasteiger partial charge < -0.3 is 14.2 Å². The van der Waals surface area contributed by atoms with Crippen molar-refractivity contribution in [2.45, 2.75) is 13.5 Å². The third-order valence-electron chi connectivity index (χ3n) is 3.53. The van der Waals surface area contributed by atoms with Crippen molar-refractivity contribution in [3.8, 4) is 22.1 Å². The van der Waals surface area contributed by atoms with Crippen molar-refractivity contribution >= 4 is 17.3 Å². The second-order valence-corrected chi connectivity index (χ2v) is 6.16. The van der Waals surface area contributed by atoms with Crippen LogP contribution in [0.4, 0.5) is 0 Å². The maximum absolute atomic E-state index is 12.0. The highest BCUT2D eigenvalue weighted by Crippen LogP contribution is 2.38. The minimum atomic E-state index is -0.536. The normalized spacial score (nSPS) is 10.4. The van der Waals surface area contributed by atoms with Gasteiger partial charge in [-0.1, -0.05) is 6.07 Å². The lowest BCUT2D eigenvalue weighted by Crippen LogP contribution is -2.08. The molecule has 8 heteroatoms. The van der Waals surface area contributed by atoms with Gasteiger partial charge in [-0.25, -0.2) is 14.8 Å². The molecular formula is C18H17N3O4S.